The van der Waals surface area contributed by atoms with Gasteiger partial charge in [0.2, 0.25) is 0 Å². The Hall–Kier alpha value is -1.88. The molecule has 1 aromatic rings. The van der Waals surface area contributed by atoms with Gasteiger partial charge in [0.15, 0.2) is 6.61 Å². The smallest absolute Gasteiger partial charge is 0.309 e. The zero-order chi connectivity index (χ0) is 17.8. The van der Waals surface area contributed by atoms with Crippen LogP contribution in [-0.2, 0) is 25.7 Å². The highest BCUT2D eigenvalue weighted by atomic mass is 35.5. The number of hydrogen-bond donors (Lipinski definition) is 1. The second-order valence-corrected chi connectivity index (χ2v) is 7.35. The van der Waals surface area contributed by atoms with Crippen molar-refractivity contribution < 1.29 is 19.1 Å². The van der Waals surface area contributed by atoms with E-state index in [2.05, 4.69) is 5.32 Å². The van der Waals surface area contributed by atoms with E-state index in [1.54, 1.807) is 12.1 Å². The monoisotopic (exact) mass is 363 g/mol. The van der Waals surface area contributed by atoms with Gasteiger partial charge in [-0.05, 0) is 43.4 Å². The molecule has 0 aliphatic heterocycles. The highest BCUT2D eigenvalue weighted by Gasteiger charge is 2.41. The molecule has 0 saturated heterocycles. The summed E-state index contributed by atoms with van der Waals surface area (Å²) in [6.07, 6.45) is 3.95. The summed E-state index contributed by atoms with van der Waals surface area (Å²) in [7, 11) is 0. The van der Waals surface area contributed by atoms with Crippen LogP contribution in [0, 0.1) is 17.8 Å². The average Bonchev–Trinajstić information content (AvgIpc) is 2.57. The summed E-state index contributed by atoms with van der Waals surface area (Å²) in [5.41, 5.74) is 0.880. The van der Waals surface area contributed by atoms with Crippen LogP contribution in [0.4, 0.5) is 0 Å². The third kappa shape index (κ3) is 4.60. The fourth-order valence-electron chi connectivity index (χ4n) is 3.83. The summed E-state index contributed by atoms with van der Waals surface area (Å²) in [4.78, 5) is 36.1. The van der Waals surface area contributed by atoms with E-state index in [-0.39, 0.29) is 36.2 Å². The maximum Gasteiger partial charge on any atom is 0.309 e. The molecule has 2 aliphatic carbocycles. The minimum atomic E-state index is -0.359. The number of halogens is 1. The van der Waals surface area contributed by atoms with Crippen LogP contribution in [0.5, 0.6) is 0 Å². The van der Waals surface area contributed by atoms with E-state index in [0.29, 0.717) is 30.2 Å². The van der Waals surface area contributed by atoms with Gasteiger partial charge in [-0.2, -0.15) is 0 Å². The van der Waals surface area contributed by atoms with Crippen LogP contribution in [-0.4, -0.2) is 24.3 Å². The molecule has 2 aliphatic rings. The van der Waals surface area contributed by atoms with Gasteiger partial charge >= 0.3 is 5.97 Å². The molecule has 1 aromatic carbocycles. The molecular weight excluding hydrogens is 342 g/mol. The lowest BCUT2D eigenvalue weighted by Gasteiger charge is -2.36. The molecule has 25 heavy (non-hydrogen) atoms. The quantitative estimate of drug-likeness (QED) is 0.816. The molecule has 2 saturated carbocycles. The normalized spacial score (nSPS) is 25.3. The molecule has 6 heteroatoms. The number of carbonyl (C=O) groups is 3. The number of ketones is 1. The Labute approximate surface area is 152 Å². The van der Waals surface area contributed by atoms with Crippen molar-refractivity contribution >= 4 is 29.3 Å². The first-order valence-electron chi connectivity index (χ1n) is 8.74. The van der Waals surface area contributed by atoms with Gasteiger partial charge < -0.3 is 10.1 Å². The van der Waals surface area contributed by atoms with E-state index in [1.165, 1.54) is 0 Å². The predicted molar refractivity (Wildman–Crippen MR) is 92.8 cm³/mol. The van der Waals surface area contributed by atoms with E-state index in [0.717, 1.165) is 24.8 Å². The lowest BCUT2D eigenvalue weighted by molar-refractivity contribution is -0.156. The van der Waals surface area contributed by atoms with Gasteiger partial charge in [0, 0.05) is 23.4 Å². The van der Waals surface area contributed by atoms with Crippen molar-refractivity contribution in [3.63, 3.8) is 0 Å². The topological polar surface area (TPSA) is 72.5 Å². The first-order valence-corrected chi connectivity index (χ1v) is 9.12. The third-order valence-electron chi connectivity index (χ3n) is 5.11. The summed E-state index contributed by atoms with van der Waals surface area (Å²) in [6, 6.07) is 7.20. The Bertz CT molecular complexity index is 659. The van der Waals surface area contributed by atoms with Gasteiger partial charge in [-0.15, -0.1) is 0 Å². The Morgan fingerprint density at radius 2 is 1.92 bits per heavy atom. The summed E-state index contributed by atoms with van der Waals surface area (Å²) < 4.78 is 5.17. The number of benzene rings is 1. The second kappa shape index (κ2) is 8.00. The summed E-state index contributed by atoms with van der Waals surface area (Å²) in [5.74, 6) is -0.644. The fraction of sp³-hybridized carbons (Fsp3) is 0.526. The summed E-state index contributed by atoms with van der Waals surface area (Å²) in [5, 5.41) is 3.31. The van der Waals surface area contributed by atoms with Crippen molar-refractivity contribution in [1.29, 1.82) is 0 Å². The minimum absolute atomic E-state index is 0.00158. The van der Waals surface area contributed by atoms with Crippen LogP contribution < -0.4 is 5.32 Å². The lowest BCUT2D eigenvalue weighted by Crippen LogP contribution is -2.40. The highest BCUT2D eigenvalue weighted by Crippen LogP contribution is 2.40. The molecule has 2 bridgehead atoms. The Morgan fingerprint density at radius 3 is 2.60 bits per heavy atom. The van der Waals surface area contributed by atoms with Crippen LogP contribution in [0.1, 0.15) is 37.7 Å². The van der Waals surface area contributed by atoms with E-state index in [9.17, 15) is 14.4 Å². The molecule has 3 rings (SSSR count). The molecule has 0 heterocycles. The Kier molecular flexibility index (Phi) is 5.74. The molecule has 0 spiro atoms. The van der Waals surface area contributed by atoms with E-state index in [4.69, 9.17) is 16.3 Å². The number of ether oxygens (including phenoxy) is 1. The third-order valence-corrected chi connectivity index (χ3v) is 5.34. The van der Waals surface area contributed by atoms with E-state index < -0.39 is 0 Å². The SMILES string of the molecule is O=C(COC(=O)C1C[C@H]2CCC[C@@H](C1)C2=O)NCc1cccc(Cl)c1. The lowest BCUT2D eigenvalue weighted by atomic mass is 9.67. The molecule has 1 N–H and O–H groups in total. The molecule has 5 nitrogen and oxygen atoms in total. The number of amides is 1. The molecule has 0 aromatic heterocycles. The predicted octanol–water partition coefficient (Wildman–Crippen LogP) is 2.89. The van der Waals surface area contributed by atoms with Gasteiger partial charge in [-0.25, -0.2) is 0 Å². The van der Waals surface area contributed by atoms with E-state index >= 15 is 0 Å². The zero-order valence-corrected chi connectivity index (χ0v) is 14.8. The second-order valence-electron chi connectivity index (χ2n) is 6.91. The number of carbonyl (C=O) groups excluding carboxylic acids is 3. The van der Waals surface area contributed by atoms with Gasteiger partial charge in [0.05, 0.1) is 5.92 Å². The summed E-state index contributed by atoms with van der Waals surface area (Å²) >= 11 is 5.89. The van der Waals surface area contributed by atoms with Crippen molar-refractivity contribution in [1.82, 2.24) is 5.32 Å². The number of Topliss-reactive ketones (excluding diaryl/α,β-unsaturated/α-hetero) is 1. The Balaban J connectivity index is 1.43. The van der Waals surface area contributed by atoms with Crippen molar-refractivity contribution in [2.75, 3.05) is 6.61 Å². The van der Waals surface area contributed by atoms with Gasteiger partial charge in [0.25, 0.3) is 5.91 Å². The van der Waals surface area contributed by atoms with Gasteiger partial charge in [0.1, 0.15) is 5.78 Å². The maximum atomic E-state index is 12.2. The highest BCUT2D eigenvalue weighted by molar-refractivity contribution is 6.30. The number of hydrogen-bond acceptors (Lipinski definition) is 4. The van der Waals surface area contributed by atoms with Crippen molar-refractivity contribution in [2.24, 2.45) is 17.8 Å². The van der Waals surface area contributed by atoms with Crippen molar-refractivity contribution in [3.8, 4) is 0 Å². The van der Waals surface area contributed by atoms with Crippen LogP contribution in [0.2, 0.25) is 5.02 Å². The molecule has 0 radical (unpaired) electrons. The Morgan fingerprint density at radius 1 is 1.20 bits per heavy atom. The molecule has 1 amide bonds. The van der Waals surface area contributed by atoms with Crippen LogP contribution in [0.3, 0.4) is 0 Å². The van der Waals surface area contributed by atoms with Crippen LogP contribution in [0.15, 0.2) is 24.3 Å². The molecular formula is C19H22ClNO4. The average molecular weight is 364 g/mol. The molecule has 1 unspecified atom stereocenters. The van der Waals surface area contributed by atoms with Crippen LogP contribution >= 0.6 is 11.6 Å². The van der Waals surface area contributed by atoms with E-state index in [1.807, 2.05) is 12.1 Å². The zero-order valence-electron chi connectivity index (χ0n) is 14.0. The van der Waals surface area contributed by atoms with Crippen LogP contribution in [0.25, 0.3) is 0 Å². The first kappa shape index (κ1) is 17.9. The number of nitrogens with one attached hydrogen (secondary N) is 1. The maximum absolute atomic E-state index is 12.2. The molecule has 3 atom stereocenters. The van der Waals surface area contributed by atoms with Crippen molar-refractivity contribution in [2.45, 2.75) is 38.6 Å². The largest absolute Gasteiger partial charge is 0.455 e. The first-order chi connectivity index (χ1) is 12.0. The minimum Gasteiger partial charge on any atom is -0.455 e. The summed E-state index contributed by atoms with van der Waals surface area (Å²) in [6.45, 7) is 0.0399. The molecule has 134 valence electrons. The molecule has 2 fully saturated rings. The fourth-order valence-corrected chi connectivity index (χ4v) is 4.04. The van der Waals surface area contributed by atoms with Gasteiger partial charge in [-0.1, -0.05) is 30.2 Å². The standard InChI is InChI=1S/C19H22ClNO4/c20-16-6-1-3-12(7-16)10-21-17(22)11-25-19(24)15-8-13-4-2-5-14(9-15)18(13)23/h1,3,6-7,13-15H,2,4-5,8-11H2,(H,21,22)/t13-,14+,15?. The number of rotatable bonds is 5. The number of fused-ring (bicyclic) bond motifs is 2. The van der Waals surface area contributed by atoms with Gasteiger partial charge in [-0.3, -0.25) is 14.4 Å². The van der Waals surface area contributed by atoms with Crippen molar-refractivity contribution in [3.05, 3.63) is 34.9 Å². The number of esters is 1.